The van der Waals surface area contributed by atoms with Gasteiger partial charge in [-0.25, -0.2) is 4.39 Å². The van der Waals surface area contributed by atoms with Crippen LogP contribution in [0.5, 0.6) is 0 Å². The van der Waals surface area contributed by atoms with Gasteiger partial charge in [0.15, 0.2) is 0 Å². The Morgan fingerprint density at radius 1 is 0.905 bits per heavy atom. The predicted octanol–water partition coefficient (Wildman–Crippen LogP) is 7.07. The van der Waals surface area contributed by atoms with E-state index in [1.54, 1.807) is 18.2 Å². The van der Waals surface area contributed by atoms with E-state index in [0.29, 0.717) is 41.6 Å². The Bertz CT molecular complexity index is 1450. The molecule has 0 atom stereocenters. The van der Waals surface area contributed by atoms with Crippen molar-refractivity contribution in [3.63, 3.8) is 0 Å². The summed E-state index contributed by atoms with van der Waals surface area (Å²) in [6, 6.07) is 20.2. The summed E-state index contributed by atoms with van der Waals surface area (Å²) in [6.45, 7) is 13.4. The molecule has 5 rings (SSSR count). The molecule has 0 saturated carbocycles. The van der Waals surface area contributed by atoms with Gasteiger partial charge in [-0.15, -0.1) is 0 Å². The van der Waals surface area contributed by atoms with Gasteiger partial charge in [0.05, 0.1) is 5.71 Å². The number of carbonyl (C=O) groups excluding carboxylic acids is 1. The zero-order valence-electron chi connectivity index (χ0n) is 25.2. The van der Waals surface area contributed by atoms with Gasteiger partial charge in [-0.2, -0.15) is 0 Å². The van der Waals surface area contributed by atoms with Crippen LogP contribution >= 0.6 is 0 Å². The summed E-state index contributed by atoms with van der Waals surface area (Å²) >= 11 is 0. The van der Waals surface area contributed by atoms with Gasteiger partial charge in [0.1, 0.15) is 5.82 Å². The molecule has 3 aromatic carbocycles. The van der Waals surface area contributed by atoms with Crippen LogP contribution < -0.4 is 4.90 Å². The third kappa shape index (κ3) is 6.65. The highest BCUT2D eigenvalue weighted by atomic mass is 19.1. The number of hydrogen-bond donors (Lipinski definition) is 1. The van der Waals surface area contributed by atoms with Gasteiger partial charge in [0, 0.05) is 53.6 Å². The Balaban J connectivity index is 1.24. The number of nitrogens with one attached hydrogen (secondary N) is 1. The molecule has 1 N–H and O–H groups in total. The molecular weight excluding hydrogens is 523 g/mol. The summed E-state index contributed by atoms with van der Waals surface area (Å²) in [5.74, 6) is 0.633. The van der Waals surface area contributed by atoms with Gasteiger partial charge in [-0.05, 0) is 107 Å². The molecule has 0 radical (unpaired) electrons. The molecule has 0 aromatic heterocycles. The van der Waals surface area contributed by atoms with Crippen molar-refractivity contribution in [3.05, 3.63) is 113 Å². The number of piperidine rings is 2. The maximum absolute atomic E-state index is 13.7. The van der Waals surface area contributed by atoms with Crippen molar-refractivity contribution >= 4 is 17.3 Å². The summed E-state index contributed by atoms with van der Waals surface area (Å²) in [5, 5.41) is 8.57. The maximum atomic E-state index is 13.7. The number of hydrogen-bond acceptors (Lipinski definition) is 4. The van der Waals surface area contributed by atoms with Crippen LogP contribution in [0.3, 0.4) is 0 Å². The minimum absolute atomic E-state index is 0.0214. The average Bonchev–Trinajstić information content (AvgIpc) is 3.00. The van der Waals surface area contributed by atoms with Crippen molar-refractivity contribution in [2.45, 2.75) is 39.5 Å². The molecule has 220 valence electrons. The van der Waals surface area contributed by atoms with Crippen LogP contribution in [-0.2, 0) is 0 Å². The zero-order valence-corrected chi connectivity index (χ0v) is 25.2. The van der Waals surface area contributed by atoms with Gasteiger partial charge < -0.3 is 14.7 Å². The molecule has 5 nitrogen and oxygen atoms in total. The van der Waals surface area contributed by atoms with E-state index in [0.717, 1.165) is 38.0 Å². The molecule has 6 heteroatoms. The van der Waals surface area contributed by atoms with Crippen molar-refractivity contribution in [1.29, 1.82) is 5.41 Å². The van der Waals surface area contributed by atoms with Gasteiger partial charge in [-0.1, -0.05) is 43.0 Å². The lowest BCUT2D eigenvalue weighted by Gasteiger charge is -2.40. The number of likely N-dealkylation sites (tertiary alicyclic amines) is 2. The number of benzene rings is 3. The number of aryl methyl sites for hydroxylation is 2. The number of amides is 1. The molecule has 0 spiro atoms. The van der Waals surface area contributed by atoms with Crippen molar-refractivity contribution in [2.75, 3.05) is 44.7 Å². The fraction of sp³-hybridized carbons (Fsp3) is 0.389. The predicted molar refractivity (Wildman–Crippen MR) is 170 cm³/mol. The first kappa shape index (κ1) is 29.7. The Morgan fingerprint density at radius 2 is 1.62 bits per heavy atom. The Morgan fingerprint density at radius 3 is 2.29 bits per heavy atom. The summed E-state index contributed by atoms with van der Waals surface area (Å²) in [5.41, 5.74) is 6.63. The summed E-state index contributed by atoms with van der Waals surface area (Å²) in [6.07, 6.45) is 4.20. The van der Waals surface area contributed by atoms with Crippen LogP contribution in [0.1, 0.15) is 58.3 Å². The van der Waals surface area contributed by atoms with E-state index in [4.69, 9.17) is 5.41 Å². The summed E-state index contributed by atoms with van der Waals surface area (Å²) < 4.78 is 13.7. The van der Waals surface area contributed by atoms with Gasteiger partial charge >= 0.3 is 0 Å². The second kappa shape index (κ2) is 13.0. The van der Waals surface area contributed by atoms with Crippen LogP contribution in [0.15, 0.2) is 79.0 Å². The van der Waals surface area contributed by atoms with E-state index in [1.165, 1.54) is 41.9 Å². The van der Waals surface area contributed by atoms with E-state index >= 15 is 0 Å². The van der Waals surface area contributed by atoms with E-state index < -0.39 is 0 Å². The fourth-order valence-electron chi connectivity index (χ4n) is 6.43. The molecule has 2 heterocycles. The summed E-state index contributed by atoms with van der Waals surface area (Å²) in [4.78, 5) is 20.3. The third-order valence-corrected chi connectivity index (χ3v) is 9.14. The fourth-order valence-corrected chi connectivity index (χ4v) is 6.43. The van der Waals surface area contributed by atoms with Gasteiger partial charge in [0.2, 0.25) is 0 Å². The topological polar surface area (TPSA) is 50.6 Å². The van der Waals surface area contributed by atoms with E-state index in [9.17, 15) is 9.18 Å². The van der Waals surface area contributed by atoms with Crippen LogP contribution in [0.4, 0.5) is 10.1 Å². The minimum atomic E-state index is -0.364. The van der Waals surface area contributed by atoms with Crippen molar-refractivity contribution in [3.8, 4) is 0 Å². The normalized spacial score (nSPS) is 16.8. The minimum Gasteiger partial charge on any atom is -0.345 e. The van der Waals surface area contributed by atoms with Gasteiger partial charge in [0.25, 0.3) is 5.91 Å². The lowest BCUT2D eigenvalue weighted by atomic mass is 9.90. The largest absolute Gasteiger partial charge is 0.345 e. The number of anilines is 1. The number of halogens is 1. The highest BCUT2D eigenvalue weighted by Gasteiger charge is 2.30. The SMILES string of the molecule is C=C(C1CCN(C(=O)c2ccc(C(=N)c3cccc(F)c3)c(C)c2)CC1)N(CC1CCN(C)CC1)c1ccccc1C. The molecule has 1 amide bonds. The number of nitrogens with zero attached hydrogens (tertiary/aromatic N) is 3. The van der Waals surface area contributed by atoms with E-state index in [1.807, 2.05) is 24.0 Å². The van der Waals surface area contributed by atoms with Crippen LogP contribution in [-0.4, -0.2) is 61.2 Å². The van der Waals surface area contributed by atoms with Crippen LogP contribution in [0, 0.1) is 36.9 Å². The summed E-state index contributed by atoms with van der Waals surface area (Å²) in [7, 11) is 2.21. The number of allylic oxidation sites excluding steroid dienone is 1. The molecular formula is C36H43FN4O. The number of carbonyl (C=O) groups is 1. The second-order valence-corrected chi connectivity index (χ2v) is 12.1. The van der Waals surface area contributed by atoms with Crippen LogP contribution in [0.25, 0.3) is 0 Å². The standard InChI is InChI=1S/C36H43FN4O/c1-25-8-5-6-11-34(25)41(24-28-14-18-39(4)19-15-28)27(3)29-16-20-40(21-17-29)36(42)31-12-13-33(26(2)22-31)35(38)30-9-7-10-32(37)23-30/h5-13,22-23,28-29,38H,3,14-21,24H2,1-2,4H3. The Kier molecular flexibility index (Phi) is 9.22. The Hall–Kier alpha value is -3.77. The zero-order chi connectivity index (χ0) is 29.8. The molecule has 0 bridgehead atoms. The molecule has 42 heavy (non-hydrogen) atoms. The third-order valence-electron chi connectivity index (χ3n) is 9.14. The molecule has 2 fully saturated rings. The van der Waals surface area contributed by atoms with Crippen molar-refractivity contribution < 1.29 is 9.18 Å². The molecule has 2 saturated heterocycles. The number of rotatable bonds is 8. The highest BCUT2D eigenvalue weighted by molar-refractivity contribution is 6.12. The quantitative estimate of drug-likeness (QED) is 0.297. The molecule has 3 aromatic rings. The van der Waals surface area contributed by atoms with Crippen molar-refractivity contribution in [2.24, 2.45) is 11.8 Å². The first-order chi connectivity index (χ1) is 20.2. The first-order valence-corrected chi connectivity index (χ1v) is 15.2. The molecule has 0 aliphatic carbocycles. The monoisotopic (exact) mass is 566 g/mol. The molecule has 0 unspecified atom stereocenters. The lowest BCUT2D eigenvalue weighted by molar-refractivity contribution is 0.0701. The Labute approximate surface area is 250 Å². The van der Waals surface area contributed by atoms with Crippen LogP contribution in [0.2, 0.25) is 0 Å². The smallest absolute Gasteiger partial charge is 0.253 e. The first-order valence-electron chi connectivity index (χ1n) is 15.2. The van der Waals surface area contributed by atoms with Crippen molar-refractivity contribution in [1.82, 2.24) is 9.80 Å². The maximum Gasteiger partial charge on any atom is 0.253 e. The number of para-hydroxylation sites is 1. The van der Waals surface area contributed by atoms with E-state index in [2.05, 4.69) is 54.6 Å². The molecule has 2 aliphatic rings. The molecule has 2 aliphatic heterocycles. The lowest BCUT2D eigenvalue weighted by Crippen LogP contribution is -2.42. The average molecular weight is 567 g/mol. The van der Waals surface area contributed by atoms with Gasteiger partial charge in [-0.3, -0.25) is 10.2 Å². The second-order valence-electron chi connectivity index (χ2n) is 12.1. The highest BCUT2D eigenvalue weighted by Crippen LogP contribution is 2.34. The van der Waals surface area contributed by atoms with E-state index in [-0.39, 0.29) is 17.4 Å².